The molecule has 0 radical (unpaired) electrons. The smallest absolute Gasteiger partial charge is 0.150 e. The van der Waals surface area contributed by atoms with Crippen LogP contribution in [-0.4, -0.2) is 31.1 Å². The van der Waals surface area contributed by atoms with Crippen LogP contribution in [0.25, 0.3) is 0 Å². The molecule has 0 amide bonds. The number of hydrogen-bond donors (Lipinski definition) is 1. The van der Waals surface area contributed by atoms with Crippen LogP contribution in [0, 0.1) is 11.8 Å². The van der Waals surface area contributed by atoms with Crippen molar-refractivity contribution in [2.75, 3.05) is 11.5 Å². The van der Waals surface area contributed by atoms with Crippen molar-refractivity contribution in [3.8, 4) is 0 Å². The Morgan fingerprint density at radius 2 is 2.06 bits per heavy atom. The van der Waals surface area contributed by atoms with E-state index in [1.807, 2.05) is 0 Å². The Labute approximate surface area is 99.2 Å². The van der Waals surface area contributed by atoms with Crippen LogP contribution in [0.3, 0.4) is 0 Å². The van der Waals surface area contributed by atoms with Crippen molar-refractivity contribution in [1.29, 1.82) is 0 Å². The largest absolute Gasteiger partial charge is 0.393 e. The van der Waals surface area contributed by atoms with Crippen LogP contribution in [0.1, 0.15) is 46.0 Å². The first-order chi connectivity index (χ1) is 7.46. The van der Waals surface area contributed by atoms with E-state index >= 15 is 0 Å². The second-order valence-corrected chi connectivity index (χ2v) is 7.49. The van der Waals surface area contributed by atoms with Crippen molar-refractivity contribution in [3.05, 3.63) is 0 Å². The number of rotatable bonds is 6. The Bertz CT molecular complexity index is 297. The Kier molecular flexibility index (Phi) is 5.25. The van der Waals surface area contributed by atoms with Gasteiger partial charge in [-0.25, -0.2) is 8.42 Å². The molecule has 3 unspecified atom stereocenters. The van der Waals surface area contributed by atoms with Crippen molar-refractivity contribution in [3.63, 3.8) is 0 Å². The first kappa shape index (κ1) is 14.0. The van der Waals surface area contributed by atoms with Crippen LogP contribution in [-0.2, 0) is 9.84 Å². The van der Waals surface area contributed by atoms with Crippen LogP contribution in [0.15, 0.2) is 0 Å². The zero-order chi connectivity index (χ0) is 12.2. The summed E-state index contributed by atoms with van der Waals surface area (Å²) in [6, 6.07) is 0. The third-order valence-electron chi connectivity index (χ3n) is 3.82. The molecule has 0 saturated heterocycles. The van der Waals surface area contributed by atoms with Gasteiger partial charge in [0.05, 0.1) is 11.9 Å². The molecule has 0 aliphatic heterocycles. The molecule has 0 aromatic rings. The van der Waals surface area contributed by atoms with Crippen LogP contribution >= 0.6 is 0 Å². The maximum absolute atomic E-state index is 11.3. The summed E-state index contributed by atoms with van der Waals surface area (Å²) in [4.78, 5) is 0. The Morgan fingerprint density at radius 1 is 1.38 bits per heavy atom. The molecule has 0 aromatic carbocycles. The van der Waals surface area contributed by atoms with Crippen molar-refractivity contribution in [2.24, 2.45) is 11.8 Å². The Hall–Kier alpha value is -0.0900. The van der Waals surface area contributed by atoms with E-state index in [1.54, 1.807) is 6.92 Å². The number of aliphatic hydroxyl groups is 1. The normalized spacial score (nSPS) is 28.2. The summed E-state index contributed by atoms with van der Waals surface area (Å²) >= 11 is 0. The van der Waals surface area contributed by atoms with Gasteiger partial charge in [-0.05, 0) is 31.1 Å². The molecule has 1 rings (SSSR count). The van der Waals surface area contributed by atoms with Gasteiger partial charge in [0.25, 0.3) is 0 Å². The molecule has 1 N–H and O–H groups in total. The molecule has 1 aliphatic carbocycles. The topological polar surface area (TPSA) is 54.4 Å². The predicted molar refractivity (Wildman–Crippen MR) is 66.1 cm³/mol. The summed E-state index contributed by atoms with van der Waals surface area (Å²) in [5.41, 5.74) is 0. The van der Waals surface area contributed by atoms with E-state index in [-0.39, 0.29) is 17.6 Å². The first-order valence-corrected chi connectivity index (χ1v) is 8.17. The molecule has 96 valence electrons. The standard InChI is InChI=1S/C12H24O3S/c1-3-16(14,15)9-5-8-12(13)11-7-4-6-10(11)2/h10-13H,3-9H2,1-2H3. The molecule has 0 aromatic heterocycles. The van der Waals surface area contributed by atoms with Crippen molar-refractivity contribution in [1.82, 2.24) is 0 Å². The highest BCUT2D eigenvalue weighted by molar-refractivity contribution is 7.91. The van der Waals surface area contributed by atoms with Crippen molar-refractivity contribution in [2.45, 2.75) is 52.1 Å². The Morgan fingerprint density at radius 3 is 2.56 bits per heavy atom. The Balaban J connectivity index is 2.27. The third-order valence-corrected chi connectivity index (χ3v) is 5.61. The molecule has 16 heavy (non-hydrogen) atoms. The second kappa shape index (κ2) is 6.01. The fourth-order valence-corrected chi connectivity index (χ4v) is 3.51. The van der Waals surface area contributed by atoms with E-state index in [2.05, 4.69) is 6.92 Å². The van der Waals surface area contributed by atoms with Gasteiger partial charge in [-0.2, -0.15) is 0 Å². The quantitative estimate of drug-likeness (QED) is 0.782. The van der Waals surface area contributed by atoms with Gasteiger partial charge in [-0.15, -0.1) is 0 Å². The molecule has 1 aliphatic rings. The van der Waals surface area contributed by atoms with E-state index < -0.39 is 9.84 Å². The summed E-state index contributed by atoms with van der Waals surface area (Å²) in [5.74, 6) is 1.42. The van der Waals surface area contributed by atoms with Gasteiger partial charge in [0.1, 0.15) is 9.84 Å². The van der Waals surface area contributed by atoms with Gasteiger partial charge >= 0.3 is 0 Å². The lowest BCUT2D eigenvalue weighted by atomic mass is 9.90. The van der Waals surface area contributed by atoms with Gasteiger partial charge in [0.2, 0.25) is 0 Å². The second-order valence-electron chi connectivity index (χ2n) is 5.02. The van der Waals surface area contributed by atoms with E-state index in [0.29, 0.717) is 24.7 Å². The molecule has 0 spiro atoms. The van der Waals surface area contributed by atoms with Crippen LogP contribution in [0.2, 0.25) is 0 Å². The summed E-state index contributed by atoms with van der Waals surface area (Å²) < 4.78 is 22.6. The molecular weight excluding hydrogens is 224 g/mol. The van der Waals surface area contributed by atoms with Crippen molar-refractivity contribution >= 4 is 9.84 Å². The monoisotopic (exact) mass is 248 g/mol. The lowest BCUT2D eigenvalue weighted by Gasteiger charge is -2.21. The fourth-order valence-electron chi connectivity index (χ4n) is 2.62. The highest BCUT2D eigenvalue weighted by Crippen LogP contribution is 2.34. The van der Waals surface area contributed by atoms with Gasteiger partial charge in [-0.3, -0.25) is 0 Å². The maximum atomic E-state index is 11.3. The highest BCUT2D eigenvalue weighted by atomic mass is 32.2. The van der Waals surface area contributed by atoms with Gasteiger partial charge in [-0.1, -0.05) is 26.7 Å². The molecule has 0 bridgehead atoms. The summed E-state index contributed by atoms with van der Waals surface area (Å²) in [6.45, 7) is 3.86. The van der Waals surface area contributed by atoms with E-state index in [1.165, 1.54) is 12.8 Å². The number of hydrogen-bond acceptors (Lipinski definition) is 3. The van der Waals surface area contributed by atoms with Crippen LogP contribution < -0.4 is 0 Å². The summed E-state index contributed by atoms with van der Waals surface area (Å²) in [6.07, 6.45) is 4.44. The van der Waals surface area contributed by atoms with Gasteiger partial charge < -0.3 is 5.11 Å². The van der Waals surface area contributed by atoms with Gasteiger partial charge in [0.15, 0.2) is 0 Å². The third kappa shape index (κ3) is 4.06. The van der Waals surface area contributed by atoms with Crippen molar-refractivity contribution < 1.29 is 13.5 Å². The van der Waals surface area contributed by atoms with E-state index in [9.17, 15) is 13.5 Å². The molecule has 1 fully saturated rings. The van der Waals surface area contributed by atoms with E-state index in [0.717, 1.165) is 6.42 Å². The molecule has 0 heterocycles. The number of sulfone groups is 1. The minimum atomic E-state index is -2.86. The molecule has 3 nitrogen and oxygen atoms in total. The fraction of sp³-hybridized carbons (Fsp3) is 1.00. The SMILES string of the molecule is CCS(=O)(=O)CCCC(O)C1CCCC1C. The number of aliphatic hydroxyl groups excluding tert-OH is 1. The zero-order valence-electron chi connectivity index (χ0n) is 10.4. The van der Waals surface area contributed by atoms with Gasteiger partial charge in [0, 0.05) is 5.75 Å². The lowest BCUT2D eigenvalue weighted by molar-refractivity contribution is 0.0815. The molecule has 1 saturated carbocycles. The molecule has 3 atom stereocenters. The molecular formula is C12H24O3S. The zero-order valence-corrected chi connectivity index (χ0v) is 11.2. The minimum Gasteiger partial charge on any atom is -0.393 e. The average Bonchev–Trinajstić information content (AvgIpc) is 2.64. The van der Waals surface area contributed by atoms with Crippen LogP contribution in [0.4, 0.5) is 0 Å². The van der Waals surface area contributed by atoms with Crippen LogP contribution in [0.5, 0.6) is 0 Å². The predicted octanol–water partition coefficient (Wildman–Crippen LogP) is 2.00. The summed E-state index contributed by atoms with van der Waals surface area (Å²) in [7, 11) is -2.86. The molecule has 4 heteroatoms. The lowest BCUT2D eigenvalue weighted by Crippen LogP contribution is -2.23. The maximum Gasteiger partial charge on any atom is 0.150 e. The minimum absolute atomic E-state index is 0.211. The highest BCUT2D eigenvalue weighted by Gasteiger charge is 2.29. The average molecular weight is 248 g/mol. The first-order valence-electron chi connectivity index (χ1n) is 6.34. The van der Waals surface area contributed by atoms with E-state index in [4.69, 9.17) is 0 Å². The summed E-state index contributed by atoms with van der Waals surface area (Å²) in [5, 5.41) is 9.99.